The van der Waals surface area contributed by atoms with E-state index in [1.165, 1.54) is 238 Å². The van der Waals surface area contributed by atoms with Gasteiger partial charge in [-0.2, -0.15) is 0 Å². The highest BCUT2D eigenvalue weighted by Gasteiger charge is 2.30. The average Bonchev–Trinajstić information content (AvgIpc) is 0.907. The highest BCUT2D eigenvalue weighted by Crippen LogP contribution is 2.45. The smallest absolute Gasteiger partial charge is 0.462 e. The normalized spacial score (nSPS) is 14.2. The van der Waals surface area contributed by atoms with Crippen LogP contribution in [0.3, 0.4) is 0 Å². The molecule has 0 aliphatic rings. The molecule has 0 radical (unpaired) electrons. The van der Waals surface area contributed by atoms with Crippen molar-refractivity contribution in [3.63, 3.8) is 0 Å². The third-order valence-electron chi connectivity index (χ3n) is 20.2. The molecule has 0 aromatic carbocycles. The lowest BCUT2D eigenvalue weighted by Gasteiger charge is -2.21. The van der Waals surface area contributed by atoms with E-state index < -0.39 is 97.5 Å². The summed E-state index contributed by atoms with van der Waals surface area (Å²) in [5.74, 6) is 1.03. The Balaban J connectivity index is 5.22. The second-order valence-corrected chi connectivity index (χ2v) is 35.2. The van der Waals surface area contributed by atoms with Gasteiger partial charge in [0.2, 0.25) is 0 Å². The largest absolute Gasteiger partial charge is 0.472 e. The fraction of sp³-hybridized carbons (Fsp3) is 0.953. The Morgan fingerprint density at radius 3 is 0.683 bits per heavy atom. The fourth-order valence-corrected chi connectivity index (χ4v) is 14.7. The minimum absolute atomic E-state index is 0.107. The fourth-order valence-electron chi connectivity index (χ4n) is 13.1. The number of hydrogen-bond acceptors (Lipinski definition) is 15. The van der Waals surface area contributed by atoms with E-state index in [1.807, 2.05) is 0 Å². The predicted molar refractivity (Wildman–Crippen MR) is 428 cm³/mol. The first kappa shape index (κ1) is 102. The number of phosphoric acid groups is 2. The summed E-state index contributed by atoms with van der Waals surface area (Å²) in [6.45, 7) is 14.3. The van der Waals surface area contributed by atoms with Crippen LogP contribution in [-0.4, -0.2) is 96.7 Å². The lowest BCUT2D eigenvalue weighted by atomic mass is 10.00. The molecule has 0 rings (SSSR count). The first-order valence-corrected chi connectivity index (χ1v) is 46.7. The van der Waals surface area contributed by atoms with Gasteiger partial charge in [0.1, 0.15) is 19.3 Å². The summed E-state index contributed by atoms with van der Waals surface area (Å²) < 4.78 is 68.9. The maximum absolute atomic E-state index is 13.1. The molecule has 0 spiro atoms. The zero-order valence-corrected chi connectivity index (χ0v) is 70.5. The highest BCUT2D eigenvalue weighted by molar-refractivity contribution is 7.47. The van der Waals surface area contributed by atoms with Crippen LogP contribution in [0.15, 0.2) is 0 Å². The summed E-state index contributed by atoms with van der Waals surface area (Å²) in [7, 11) is -9.93. The van der Waals surface area contributed by atoms with Gasteiger partial charge in [-0.15, -0.1) is 0 Å². The van der Waals surface area contributed by atoms with E-state index in [0.29, 0.717) is 25.7 Å². The Kier molecular flexibility index (Phi) is 72.5. The zero-order chi connectivity index (χ0) is 76.7. The van der Waals surface area contributed by atoms with Crippen molar-refractivity contribution in [2.45, 2.75) is 459 Å². The van der Waals surface area contributed by atoms with Gasteiger partial charge >= 0.3 is 39.5 Å². The van der Waals surface area contributed by atoms with Crippen LogP contribution < -0.4 is 0 Å². The van der Waals surface area contributed by atoms with Crippen molar-refractivity contribution in [1.29, 1.82) is 0 Å². The van der Waals surface area contributed by atoms with E-state index in [1.54, 1.807) is 0 Å². The van der Waals surface area contributed by atoms with Gasteiger partial charge in [-0.1, -0.05) is 389 Å². The molecule has 104 heavy (non-hydrogen) atoms. The second-order valence-electron chi connectivity index (χ2n) is 32.2. The molecule has 17 nitrogen and oxygen atoms in total. The maximum Gasteiger partial charge on any atom is 0.472 e. The predicted octanol–water partition coefficient (Wildman–Crippen LogP) is 25.6. The number of aliphatic hydroxyl groups is 1. The summed E-state index contributed by atoms with van der Waals surface area (Å²) in [5, 5.41) is 10.7. The topological polar surface area (TPSA) is 237 Å². The van der Waals surface area contributed by atoms with Gasteiger partial charge in [0.25, 0.3) is 0 Å². The lowest BCUT2D eigenvalue weighted by Crippen LogP contribution is -2.30. The number of phosphoric ester groups is 2. The average molecular weight is 1520 g/mol. The van der Waals surface area contributed by atoms with Crippen molar-refractivity contribution >= 4 is 39.5 Å². The number of unbranched alkanes of at least 4 members (excludes halogenated alkanes) is 47. The van der Waals surface area contributed by atoms with Crippen LogP contribution in [0.5, 0.6) is 0 Å². The number of carbonyl (C=O) groups is 4. The molecule has 0 aromatic heterocycles. The number of ether oxygens (including phenoxy) is 4. The SMILES string of the molecule is CCC(C)CCCCCCCCC(=O)OC[C@H](COP(=O)(O)OC[C@H](O)COP(=O)(O)OC[C@@H](COC(=O)CCCCCCCCCCCCCCCC(C)C)OC(=O)CCCCCCCCCCCCCCCCC(C)C)OC(=O)CCCCCCCCCCCCCCCCCCCCC(C)C. The van der Waals surface area contributed by atoms with Crippen LogP contribution in [0.2, 0.25) is 0 Å². The highest BCUT2D eigenvalue weighted by atomic mass is 31.2. The lowest BCUT2D eigenvalue weighted by molar-refractivity contribution is -0.161. The molecule has 0 heterocycles. The molecule has 6 atom stereocenters. The van der Waals surface area contributed by atoms with Gasteiger partial charge in [-0.25, -0.2) is 9.13 Å². The number of carbonyl (C=O) groups excluding carboxylic acids is 4. The number of rotatable bonds is 82. The molecular formula is C85H166O17P2. The summed E-state index contributed by atoms with van der Waals surface area (Å²) in [6.07, 6.45) is 62.5. The van der Waals surface area contributed by atoms with Crippen LogP contribution in [0, 0.1) is 23.7 Å². The van der Waals surface area contributed by atoms with E-state index in [4.69, 9.17) is 37.0 Å². The van der Waals surface area contributed by atoms with Crippen molar-refractivity contribution in [1.82, 2.24) is 0 Å². The molecule has 0 aliphatic carbocycles. The Morgan fingerprint density at radius 2 is 0.462 bits per heavy atom. The molecule has 3 N–H and O–H groups in total. The molecule has 0 aliphatic heterocycles. The number of esters is 4. The van der Waals surface area contributed by atoms with Gasteiger partial charge in [0, 0.05) is 25.7 Å². The van der Waals surface area contributed by atoms with Crippen molar-refractivity contribution in [2.75, 3.05) is 39.6 Å². The standard InChI is InChI=1S/C85H166O17P2/c1-9-78(8)64-56-48-43-44-50-58-66-83(88)96-72-81(102-85(90)68-59-51-41-35-29-22-15-13-11-10-12-14-19-25-31-37-45-53-61-75(2)3)74-100-104(93,94)98-70-79(86)69-97-103(91,92)99-73-80(71-95-82(87)65-57-49-40-34-28-24-18-21-27-33-39-47-55-63-77(6)7)101-84(89)67-60-52-42-36-30-23-17-16-20-26-32-38-46-54-62-76(4)5/h75-81,86H,9-74H2,1-8H3,(H,91,92)(H,93,94)/t78?,79-,80-,81-/m1/s1. The number of aliphatic hydroxyl groups excluding tert-OH is 1. The molecule has 0 saturated carbocycles. The second kappa shape index (κ2) is 73.8. The van der Waals surface area contributed by atoms with Gasteiger partial charge < -0.3 is 33.8 Å². The third-order valence-corrected chi connectivity index (χ3v) is 22.1. The molecule has 0 bridgehead atoms. The van der Waals surface area contributed by atoms with E-state index in [0.717, 1.165) is 120 Å². The van der Waals surface area contributed by atoms with Gasteiger partial charge in [0.05, 0.1) is 26.4 Å². The summed E-state index contributed by atoms with van der Waals surface area (Å²) in [4.78, 5) is 73.2. The van der Waals surface area contributed by atoms with Gasteiger partial charge in [0.15, 0.2) is 12.2 Å². The van der Waals surface area contributed by atoms with E-state index >= 15 is 0 Å². The first-order chi connectivity index (χ1) is 50.1. The quantitative estimate of drug-likeness (QED) is 0.0222. The minimum atomic E-state index is -4.96. The third kappa shape index (κ3) is 76.8. The minimum Gasteiger partial charge on any atom is -0.462 e. The van der Waals surface area contributed by atoms with Crippen LogP contribution in [0.4, 0.5) is 0 Å². The van der Waals surface area contributed by atoms with Crippen LogP contribution in [0.1, 0.15) is 441 Å². The molecule has 3 unspecified atom stereocenters. The van der Waals surface area contributed by atoms with Crippen LogP contribution >= 0.6 is 15.6 Å². The molecule has 0 aromatic rings. The molecule has 0 fully saturated rings. The van der Waals surface area contributed by atoms with Crippen molar-refractivity contribution in [3.05, 3.63) is 0 Å². The van der Waals surface area contributed by atoms with E-state index in [9.17, 15) is 43.2 Å². The summed E-state index contributed by atoms with van der Waals surface area (Å²) in [5.41, 5.74) is 0. The Bertz CT molecular complexity index is 2030. The first-order valence-electron chi connectivity index (χ1n) is 43.7. The molecule has 0 saturated heterocycles. The summed E-state index contributed by atoms with van der Waals surface area (Å²) >= 11 is 0. The van der Waals surface area contributed by atoms with Crippen LogP contribution in [-0.2, 0) is 65.4 Å². The molecule has 618 valence electrons. The maximum atomic E-state index is 13.1. The molecule has 0 amide bonds. The number of hydrogen-bond donors (Lipinski definition) is 3. The van der Waals surface area contributed by atoms with E-state index in [-0.39, 0.29) is 25.7 Å². The Labute approximate surface area is 638 Å². The molecular weight excluding hydrogens is 1350 g/mol. The molecule has 19 heteroatoms. The van der Waals surface area contributed by atoms with E-state index in [2.05, 4.69) is 55.4 Å². The van der Waals surface area contributed by atoms with Crippen LogP contribution in [0.25, 0.3) is 0 Å². The monoisotopic (exact) mass is 1520 g/mol. The Hall–Kier alpha value is -1.94. The van der Waals surface area contributed by atoms with Crippen molar-refractivity contribution in [3.8, 4) is 0 Å². The van der Waals surface area contributed by atoms with Crippen molar-refractivity contribution in [2.24, 2.45) is 23.7 Å². The zero-order valence-electron chi connectivity index (χ0n) is 68.7. The van der Waals surface area contributed by atoms with Gasteiger partial charge in [-0.05, 0) is 49.4 Å². The summed E-state index contributed by atoms with van der Waals surface area (Å²) in [6, 6.07) is 0. The van der Waals surface area contributed by atoms with Crippen molar-refractivity contribution < 1.29 is 80.2 Å². The van der Waals surface area contributed by atoms with Gasteiger partial charge in [-0.3, -0.25) is 37.3 Å². The Morgan fingerprint density at radius 1 is 0.269 bits per heavy atom.